The van der Waals surface area contributed by atoms with Gasteiger partial charge >= 0.3 is 0 Å². The fraction of sp³-hybridized carbons (Fsp3) is 0.889. The normalized spacial score (nSPS) is 20.5. The van der Waals surface area contributed by atoms with E-state index in [9.17, 15) is 0 Å². The van der Waals surface area contributed by atoms with Crippen LogP contribution in [0.3, 0.4) is 0 Å². The van der Waals surface area contributed by atoms with E-state index in [2.05, 4.69) is 24.3 Å². The van der Waals surface area contributed by atoms with Gasteiger partial charge in [0.1, 0.15) is 0 Å². The van der Waals surface area contributed by atoms with Gasteiger partial charge in [0.25, 0.3) is 0 Å². The van der Waals surface area contributed by atoms with Gasteiger partial charge in [0.2, 0.25) is 0 Å². The molecule has 0 radical (unpaired) electrons. The molecule has 1 aliphatic carbocycles. The number of hydrogen-bond donors (Lipinski definition) is 2. The lowest BCUT2D eigenvalue weighted by Gasteiger charge is -2.36. The fourth-order valence-corrected chi connectivity index (χ4v) is 2.14. The maximum Gasteiger partial charge on any atom is 0.163 e. The summed E-state index contributed by atoms with van der Waals surface area (Å²) in [6.07, 6.45) is 5.12. The van der Waals surface area contributed by atoms with Crippen LogP contribution in [0.25, 0.3) is 0 Å². The monoisotopic (exact) mass is 201 g/mol. The fourth-order valence-electron chi connectivity index (χ4n) is 2.07. The lowest BCUT2D eigenvalue weighted by atomic mass is 9.96. The summed E-state index contributed by atoms with van der Waals surface area (Å²) in [6.45, 7) is 0.884. The molecule has 0 aliphatic heterocycles. The van der Waals surface area contributed by atoms with Crippen molar-refractivity contribution in [2.45, 2.75) is 31.2 Å². The molecule has 0 spiro atoms. The van der Waals surface area contributed by atoms with Gasteiger partial charge in [-0.1, -0.05) is 12.8 Å². The van der Waals surface area contributed by atoms with E-state index in [1.165, 1.54) is 25.7 Å². The highest BCUT2D eigenvalue weighted by molar-refractivity contribution is 7.80. The molecule has 13 heavy (non-hydrogen) atoms. The van der Waals surface area contributed by atoms with Crippen molar-refractivity contribution in [2.24, 2.45) is 5.73 Å². The Labute approximate surface area is 85.7 Å². The number of nitrogens with zero attached hydrogens (tertiary/aromatic N) is 1. The third-order valence-electron chi connectivity index (χ3n) is 3.07. The highest BCUT2D eigenvalue weighted by Gasteiger charge is 2.35. The maximum absolute atomic E-state index is 5.43. The van der Waals surface area contributed by atoms with Gasteiger partial charge in [-0.05, 0) is 39.2 Å². The Morgan fingerprint density at radius 2 is 2.00 bits per heavy atom. The van der Waals surface area contributed by atoms with Gasteiger partial charge in [-0.25, -0.2) is 0 Å². The lowest BCUT2D eigenvalue weighted by molar-refractivity contribution is 0.161. The molecule has 0 heterocycles. The summed E-state index contributed by atoms with van der Waals surface area (Å²) in [5, 5.41) is 3.49. The van der Waals surface area contributed by atoms with Crippen LogP contribution in [0, 0.1) is 0 Å². The molecule has 4 heteroatoms. The summed E-state index contributed by atoms with van der Waals surface area (Å²) in [4.78, 5) is 2.30. The van der Waals surface area contributed by atoms with Crippen LogP contribution < -0.4 is 11.1 Å². The molecule has 0 atom stereocenters. The molecule has 1 aliphatic rings. The van der Waals surface area contributed by atoms with Crippen molar-refractivity contribution in [3.8, 4) is 0 Å². The summed E-state index contributed by atoms with van der Waals surface area (Å²) >= 11 is 4.81. The van der Waals surface area contributed by atoms with Crippen LogP contribution in [0.2, 0.25) is 0 Å². The van der Waals surface area contributed by atoms with Crippen LogP contribution in [0.15, 0.2) is 0 Å². The summed E-state index contributed by atoms with van der Waals surface area (Å²) in [5.74, 6) is 0. The molecule has 3 nitrogen and oxygen atoms in total. The Kier molecular flexibility index (Phi) is 3.50. The standard InChI is InChI=1S/C9H19N3S/c1-12(2)9(5-3-4-6-9)7-11-8(10)13/h3-7H2,1-2H3,(H3,10,11,13). The Morgan fingerprint density at radius 3 is 2.38 bits per heavy atom. The molecule has 0 aromatic rings. The van der Waals surface area contributed by atoms with Crippen molar-refractivity contribution in [1.82, 2.24) is 10.2 Å². The van der Waals surface area contributed by atoms with Crippen LogP contribution in [-0.4, -0.2) is 36.2 Å². The van der Waals surface area contributed by atoms with Gasteiger partial charge in [-0.15, -0.1) is 0 Å². The molecule has 0 aromatic carbocycles. The molecule has 0 bridgehead atoms. The Balaban J connectivity index is 2.52. The van der Waals surface area contributed by atoms with E-state index in [1.54, 1.807) is 0 Å². The quantitative estimate of drug-likeness (QED) is 0.659. The topological polar surface area (TPSA) is 41.3 Å². The molecule has 0 aromatic heterocycles. The predicted molar refractivity (Wildman–Crippen MR) is 59.7 cm³/mol. The first-order valence-corrected chi connectivity index (χ1v) is 5.18. The third kappa shape index (κ3) is 2.54. The van der Waals surface area contributed by atoms with E-state index in [-0.39, 0.29) is 5.54 Å². The van der Waals surface area contributed by atoms with Crippen molar-refractivity contribution in [3.63, 3.8) is 0 Å². The van der Waals surface area contributed by atoms with Gasteiger partial charge in [0.15, 0.2) is 5.11 Å². The minimum Gasteiger partial charge on any atom is -0.376 e. The zero-order valence-electron chi connectivity index (χ0n) is 8.47. The predicted octanol–water partition coefficient (Wildman–Crippen LogP) is 0.694. The second kappa shape index (κ2) is 4.24. The summed E-state index contributed by atoms with van der Waals surface area (Å²) in [7, 11) is 4.26. The first-order chi connectivity index (χ1) is 6.07. The molecule has 0 saturated heterocycles. The molecule has 0 amide bonds. The molecule has 76 valence electrons. The molecule has 1 rings (SSSR count). The first kappa shape index (κ1) is 10.7. The smallest absolute Gasteiger partial charge is 0.163 e. The van der Waals surface area contributed by atoms with Crippen molar-refractivity contribution in [3.05, 3.63) is 0 Å². The minimum atomic E-state index is 0.281. The molecular formula is C9H19N3S. The Morgan fingerprint density at radius 1 is 1.46 bits per heavy atom. The van der Waals surface area contributed by atoms with Gasteiger partial charge in [0, 0.05) is 12.1 Å². The van der Waals surface area contributed by atoms with Crippen LogP contribution in [0.1, 0.15) is 25.7 Å². The summed E-state index contributed by atoms with van der Waals surface area (Å²) < 4.78 is 0. The number of rotatable bonds is 3. The zero-order chi connectivity index (χ0) is 9.90. The number of nitrogens with one attached hydrogen (secondary N) is 1. The second-order valence-electron chi connectivity index (χ2n) is 4.04. The van der Waals surface area contributed by atoms with Crippen molar-refractivity contribution < 1.29 is 0 Å². The third-order valence-corrected chi connectivity index (χ3v) is 3.22. The van der Waals surface area contributed by atoms with Crippen LogP contribution >= 0.6 is 12.2 Å². The molecular weight excluding hydrogens is 182 g/mol. The largest absolute Gasteiger partial charge is 0.376 e. The number of thiocarbonyl (C=S) groups is 1. The Bertz CT molecular complexity index is 185. The van der Waals surface area contributed by atoms with Crippen LogP contribution in [0.5, 0.6) is 0 Å². The average molecular weight is 201 g/mol. The van der Waals surface area contributed by atoms with Crippen LogP contribution in [0.4, 0.5) is 0 Å². The summed E-state index contributed by atoms with van der Waals surface area (Å²) in [6, 6.07) is 0. The van der Waals surface area contributed by atoms with Crippen molar-refractivity contribution in [2.75, 3.05) is 20.6 Å². The van der Waals surface area contributed by atoms with E-state index >= 15 is 0 Å². The second-order valence-corrected chi connectivity index (χ2v) is 4.48. The van der Waals surface area contributed by atoms with Gasteiger partial charge < -0.3 is 16.0 Å². The highest BCUT2D eigenvalue weighted by atomic mass is 32.1. The molecule has 1 fully saturated rings. The van der Waals surface area contributed by atoms with E-state index < -0.39 is 0 Å². The lowest BCUT2D eigenvalue weighted by Crippen LogP contribution is -2.51. The SMILES string of the molecule is CN(C)C1(CNC(N)=S)CCCC1. The van der Waals surface area contributed by atoms with E-state index in [0.29, 0.717) is 5.11 Å². The van der Waals surface area contributed by atoms with E-state index in [4.69, 9.17) is 18.0 Å². The van der Waals surface area contributed by atoms with Crippen molar-refractivity contribution >= 4 is 17.3 Å². The van der Waals surface area contributed by atoms with Gasteiger partial charge in [-0.3, -0.25) is 0 Å². The van der Waals surface area contributed by atoms with Gasteiger partial charge in [0.05, 0.1) is 0 Å². The van der Waals surface area contributed by atoms with E-state index in [1.807, 2.05) is 0 Å². The molecule has 0 unspecified atom stereocenters. The van der Waals surface area contributed by atoms with Crippen molar-refractivity contribution in [1.29, 1.82) is 0 Å². The van der Waals surface area contributed by atoms with Crippen LogP contribution in [-0.2, 0) is 0 Å². The van der Waals surface area contributed by atoms with Gasteiger partial charge in [-0.2, -0.15) is 0 Å². The molecule has 1 saturated carbocycles. The zero-order valence-corrected chi connectivity index (χ0v) is 9.28. The van der Waals surface area contributed by atoms with E-state index in [0.717, 1.165) is 6.54 Å². The highest BCUT2D eigenvalue weighted by Crippen LogP contribution is 2.32. The minimum absolute atomic E-state index is 0.281. The number of likely N-dealkylation sites (N-methyl/N-ethyl adjacent to an activating group) is 1. The maximum atomic E-state index is 5.43. The number of nitrogens with two attached hydrogens (primary N) is 1. The Hall–Kier alpha value is -0.350. The summed E-state index contributed by atoms with van der Waals surface area (Å²) in [5.41, 5.74) is 5.71. The number of hydrogen-bond acceptors (Lipinski definition) is 2. The first-order valence-electron chi connectivity index (χ1n) is 4.78. The molecule has 3 N–H and O–H groups in total. The average Bonchev–Trinajstić information content (AvgIpc) is 2.50.